The van der Waals surface area contributed by atoms with Crippen LogP contribution < -0.4 is 9.47 Å². The quantitative estimate of drug-likeness (QED) is 0.376. The highest BCUT2D eigenvalue weighted by molar-refractivity contribution is 6.30. The lowest BCUT2D eigenvalue weighted by Gasteiger charge is -2.30. The van der Waals surface area contributed by atoms with Crippen LogP contribution in [0, 0.1) is 5.92 Å². The van der Waals surface area contributed by atoms with Gasteiger partial charge in [0.2, 0.25) is 5.88 Å². The van der Waals surface area contributed by atoms with Gasteiger partial charge in [0.05, 0.1) is 5.69 Å². The van der Waals surface area contributed by atoms with Crippen molar-refractivity contribution in [1.29, 1.82) is 0 Å². The molecule has 0 fully saturated rings. The molecule has 0 aliphatic carbocycles. The second-order valence-corrected chi connectivity index (χ2v) is 7.41. The standard InChI is InChI=1S/C23H22ClNO3/c1-16(2)23(3,22(26)28-19-14-12-17(24)13-15-19)20-10-7-11-21(25-20)27-18-8-5-4-6-9-18/h4-16H,1-3H3. The molecule has 0 spiro atoms. The molecule has 1 heterocycles. The van der Waals surface area contributed by atoms with Crippen molar-refractivity contribution in [3.63, 3.8) is 0 Å². The summed E-state index contributed by atoms with van der Waals surface area (Å²) in [4.78, 5) is 17.7. The van der Waals surface area contributed by atoms with Crippen LogP contribution in [0.3, 0.4) is 0 Å². The molecule has 0 bridgehead atoms. The van der Waals surface area contributed by atoms with Gasteiger partial charge in [-0.05, 0) is 55.3 Å². The predicted molar refractivity (Wildman–Crippen MR) is 110 cm³/mol. The van der Waals surface area contributed by atoms with Crippen LogP contribution in [0.25, 0.3) is 0 Å². The van der Waals surface area contributed by atoms with E-state index >= 15 is 0 Å². The third-order valence-electron chi connectivity index (χ3n) is 4.82. The number of para-hydroxylation sites is 1. The van der Waals surface area contributed by atoms with Gasteiger partial charge in [-0.2, -0.15) is 0 Å². The Morgan fingerprint density at radius 1 is 0.929 bits per heavy atom. The van der Waals surface area contributed by atoms with Crippen molar-refractivity contribution in [3.8, 4) is 17.4 Å². The van der Waals surface area contributed by atoms with Gasteiger partial charge >= 0.3 is 5.97 Å². The van der Waals surface area contributed by atoms with E-state index < -0.39 is 5.41 Å². The Bertz CT molecular complexity index is 942. The van der Waals surface area contributed by atoms with Gasteiger partial charge in [-0.15, -0.1) is 0 Å². The molecule has 0 radical (unpaired) electrons. The fourth-order valence-corrected chi connectivity index (χ4v) is 2.85. The molecule has 0 aliphatic heterocycles. The summed E-state index contributed by atoms with van der Waals surface area (Å²) >= 11 is 5.90. The molecule has 144 valence electrons. The van der Waals surface area contributed by atoms with Gasteiger partial charge in [0, 0.05) is 11.1 Å². The minimum atomic E-state index is -0.949. The number of hydrogen-bond acceptors (Lipinski definition) is 4. The molecule has 0 N–H and O–H groups in total. The first-order chi connectivity index (χ1) is 13.4. The van der Waals surface area contributed by atoms with Crippen LogP contribution in [-0.4, -0.2) is 11.0 Å². The molecule has 1 unspecified atom stereocenters. The molecule has 0 saturated heterocycles. The molecule has 5 heteroatoms. The van der Waals surface area contributed by atoms with Crippen molar-refractivity contribution in [3.05, 3.63) is 83.5 Å². The monoisotopic (exact) mass is 395 g/mol. The number of aromatic nitrogens is 1. The van der Waals surface area contributed by atoms with Crippen molar-refractivity contribution in [2.24, 2.45) is 5.92 Å². The predicted octanol–water partition coefficient (Wildman–Crippen LogP) is 6.05. The van der Waals surface area contributed by atoms with Crippen molar-refractivity contribution in [2.45, 2.75) is 26.2 Å². The fraction of sp³-hybridized carbons (Fsp3) is 0.217. The average molecular weight is 396 g/mol. The number of carbonyl (C=O) groups is 1. The smallest absolute Gasteiger partial charge is 0.323 e. The van der Waals surface area contributed by atoms with Gasteiger partial charge in [0.15, 0.2) is 0 Å². The van der Waals surface area contributed by atoms with Gasteiger partial charge in [-0.25, -0.2) is 4.98 Å². The largest absolute Gasteiger partial charge is 0.439 e. The maximum atomic E-state index is 13.1. The maximum absolute atomic E-state index is 13.1. The number of pyridine rings is 1. The van der Waals surface area contributed by atoms with Gasteiger partial charge in [-0.3, -0.25) is 4.79 Å². The van der Waals surface area contributed by atoms with E-state index in [4.69, 9.17) is 21.1 Å². The van der Waals surface area contributed by atoms with Gasteiger partial charge in [0.25, 0.3) is 0 Å². The summed E-state index contributed by atoms with van der Waals surface area (Å²) in [5, 5.41) is 0.582. The van der Waals surface area contributed by atoms with Gasteiger partial charge in [0.1, 0.15) is 16.9 Å². The number of nitrogens with zero attached hydrogens (tertiary/aromatic N) is 1. The normalized spacial score (nSPS) is 13.0. The highest BCUT2D eigenvalue weighted by Crippen LogP contribution is 2.34. The number of halogens is 1. The third-order valence-corrected chi connectivity index (χ3v) is 5.08. The number of benzene rings is 2. The summed E-state index contributed by atoms with van der Waals surface area (Å²) in [7, 11) is 0. The second kappa shape index (κ2) is 8.44. The SMILES string of the molecule is CC(C)C(C)(C(=O)Oc1ccc(Cl)cc1)c1cccc(Oc2ccccc2)n1. The van der Waals surface area contributed by atoms with E-state index in [1.165, 1.54) is 0 Å². The average Bonchev–Trinajstić information content (AvgIpc) is 2.70. The van der Waals surface area contributed by atoms with Crippen LogP contribution in [0.4, 0.5) is 0 Å². The molecule has 4 nitrogen and oxygen atoms in total. The van der Waals surface area contributed by atoms with Crippen LogP contribution >= 0.6 is 11.6 Å². The molecule has 0 aliphatic rings. The maximum Gasteiger partial charge on any atom is 0.323 e. The summed E-state index contributed by atoms with van der Waals surface area (Å²) in [6, 6.07) is 21.5. The van der Waals surface area contributed by atoms with Crippen LogP contribution in [0.5, 0.6) is 17.4 Å². The number of rotatable bonds is 6. The highest BCUT2D eigenvalue weighted by atomic mass is 35.5. The second-order valence-electron chi connectivity index (χ2n) is 6.98. The van der Waals surface area contributed by atoms with E-state index in [2.05, 4.69) is 4.98 Å². The lowest BCUT2D eigenvalue weighted by Crippen LogP contribution is -2.41. The van der Waals surface area contributed by atoms with E-state index in [1.807, 2.05) is 63.2 Å². The zero-order valence-corrected chi connectivity index (χ0v) is 16.8. The van der Waals surface area contributed by atoms with E-state index in [0.29, 0.717) is 28.1 Å². The lowest BCUT2D eigenvalue weighted by molar-refractivity contribution is -0.142. The Hall–Kier alpha value is -2.85. The van der Waals surface area contributed by atoms with Crippen LogP contribution in [0.2, 0.25) is 5.02 Å². The zero-order valence-electron chi connectivity index (χ0n) is 16.1. The van der Waals surface area contributed by atoms with Crippen LogP contribution in [0.15, 0.2) is 72.8 Å². The van der Waals surface area contributed by atoms with Crippen molar-refractivity contribution < 1.29 is 14.3 Å². The Morgan fingerprint density at radius 3 is 2.25 bits per heavy atom. The summed E-state index contributed by atoms with van der Waals surface area (Å²) in [5.74, 6) is 1.12. The number of esters is 1. The minimum Gasteiger partial charge on any atom is -0.439 e. The molecule has 0 amide bonds. The molecule has 28 heavy (non-hydrogen) atoms. The fourth-order valence-electron chi connectivity index (χ4n) is 2.72. The van der Waals surface area contributed by atoms with Crippen molar-refractivity contribution in [2.75, 3.05) is 0 Å². The molecule has 1 aromatic heterocycles. The first-order valence-electron chi connectivity index (χ1n) is 9.08. The van der Waals surface area contributed by atoms with E-state index in [1.54, 1.807) is 30.3 Å². The molecule has 1 atom stereocenters. The first-order valence-corrected chi connectivity index (χ1v) is 9.45. The summed E-state index contributed by atoms with van der Waals surface area (Å²) < 4.78 is 11.5. The topological polar surface area (TPSA) is 48.4 Å². The number of hydrogen-bond donors (Lipinski definition) is 0. The Labute approximate surface area is 170 Å². The summed E-state index contributed by atoms with van der Waals surface area (Å²) in [6.07, 6.45) is 0. The van der Waals surface area contributed by atoms with Crippen molar-refractivity contribution in [1.82, 2.24) is 4.98 Å². The van der Waals surface area contributed by atoms with E-state index in [0.717, 1.165) is 0 Å². The molecular formula is C23H22ClNO3. The van der Waals surface area contributed by atoms with Gasteiger partial charge < -0.3 is 9.47 Å². The van der Waals surface area contributed by atoms with Gasteiger partial charge in [-0.1, -0.05) is 49.7 Å². The van der Waals surface area contributed by atoms with Crippen LogP contribution in [0.1, 0.15) is 26.5 Å². The van der Waals surface area contributed by atoms with Crippen molar-refractivity contribution >= 4 is 17.6 Å². The molecular weight excluding hydrogens is 374 g/mol. The minimum absolute atomic E-state index is 0.0493. The molecule has 3 rings (SSSR count). The first kappa shape index (κ1) is 19.9. The Kier molecular flexibility index (Phi) is 6.00. The molecule has 3 aromatic rings. The number of carbonyl (C=O) groups excluding carboxylic acids is 1. The summed E-state index contributed by atoms with van der Waals surface area (Å²) in [6.45, 7) is 5.77. The highest BCUT2D eigenvalue weighted by Gasteiger charge is 2.42. The third kappa shape index (κ3) is 4.34. The number of ether oxygens (including phenoxy) is 2. The van der Waals surface area contributed by atoms with E-state index in [9.17, 15) is 4.79 Å². The Morgan fingerprint density at radius 2 is 1.61 bits per heavy atom. The van der Waals surface area contributed by atoms with E-state index in [-0.39, 0.29) is 11.9 Å². The zero-order chi connectivity index (χ0) is 20.1. The molecule has 0 saturated carbocycles. The molecule has 2 aromatic carbocycles. The van der Waals surface area contributed by atoms with Crippen LogP contribution in [-0.2, 0) is 10.2 Å². The Balaban J connectivity index is 1.89. The lowest BCUT2D eigenvalue weighted by atomic mass is 9.76. The summed E-state index contributed by atoms with van der Waals surface area (Å²) in [5.41, 5.74) is -0.356.